The van der Waals surface area contributed by atoms with Gasteiger partial charge in [-0.25, -0.2) is 0 Å². The molecule has 112 valence electrons. The van der Waals surface area contributed by atoms with Crippen LogP contribution < -0.4 is 10.1 Å². The zero-order valence-corrected chi connectivity index (χ0v) is 12.1. The van der Waals surface area contributed by atoms with Gasteiger partial charge >= 0.3 is 6.61 Å². The van der Waals surface area contributed by atoms with Gasteiger partial charge in [0.15, 0.2) is 0 Å². The second-order valence-electron chi connectivity index (χ2n) is 4.51. The van der Waals surface area contributed by atoms with Crippen LogP contribution in [0.15, 0.2) is 54.6 Å². The maximum Gasteiger partial charge on any atom is 0.387 e. The van der Waals surface area contributed by atoms with E-state index in [0.29, 0.717) is 10.6 Å². The Morgan fingerprint density at radius 3 is 2.50 bits per heavy atom. The minimum absolute atomic E-state index is 0.0508. The third kappa shape index (κ3) is 3.23. The van der Waals surface area contributed by atoms with Crippen molar-refractivity contribution in [1.82, 2.24) is 0 Å². The van der Waals surface area contributed by atoms with Gasteiger partial charge in [0.25, 0.3) is 5.91 Å². The molecule has 1 amide bonds. The lowest BCUT2D eigenvalue weighted by Crippen LogP contribution is -2.10. The number of hydrogen-bond acceptors (Lipinski definition) is 3. The van der Waals surface area contributed by atoms with Gasteiger partial charge in [-0.2, -0.15) is 8.78 Å². The van der Waals surface area contributed by atoms with Crippen molar-refractivity contribution in [3.05, 3.63) is 59.5 Å². The molecule has 0 spiro atoms. The molecule has 0 saturated carbocycles. The molecule has 6 heteroatoms. The SMILES string of the molecule is O=C(Nc1ccc(OC(F)F)cc1)c1cc2ccccc2s1. The summed E-state index contributed by atoms with van der Waals surface area (Å²) in [6.07, 6.45) is 0. The van der Waals surface area contributed by atoms with Gasteiger partial charge < -0.3 is 10.1 Å². The average molecular weight is 319 g/mol. The highest BCUT2D eigenvalue weighted by Crippen LogP contribution is 2.26. The Labute approximate surface area is 129 Å². The predicted molar refractivity (Wildman–Crippen MR) is 82.9 cm³/mol. The largest absolute Gasteiger partial charge is 0.435 e. The van der Waals surface area contributed by atoms with E-state index in [1.807, 2.05) is 30.3 Å². The quantitative estimate of drug-likeness (QED) is 0.753. The Morgan fingerprint density at radius 2 is 1.82 bits per heavy atom. The molecule has 22 heavy (non-hydrogen) atoms. The molecule has 0 fully saturated rings. The van der Waals surface area contributed by atoms with Crippen LogP contribution in [0.2, 0.25) is 0 Å². The van der Waals surface area contributed by atoms with Crippen LogP contribution in [0, 0.1) is 0 Å². The van der Waals surface area contributed by atoms with E-state index in [1.165, 1.54) is 35.6 Å². The molecule has 3 rings (SSSR count). The topological polar surface area (TPSA) is 38.3 Å². The van der Waals surface area contributed by atoms with E-state index in [0.717, 1.165) is 10.1 Å². The normalized spacial score (nSPS) is 10.9. The summed E-state index contributed by atoms with van der Waals surface area (Å²) in [5, 5.41) is 3.74. The Hall–Kier alpha value is -2.47. The van der Waals surface area contributed by atoms with E-state index in [2.05, 4.69) is 10.1 Å². The Morgan fingerprint density at radius 1 is 1.09 bits per heavy atom. The van der Waals surface area contributed by atoms with Crippen molar-refractivity contribution < 1.29 is 18.3 Å². The second kappa shape index (κ2) is 6.11. The van der Waals surface area contributed by atoms with Crippen LogP contribution in [0.1, 0.15) is 9.67 Å². The van der Waals surface area contributed by atoms with Crippen LogP contribution >= 0.6 is 11.3 Å². The maximum absolute atomic E-state index is 12.2. The van der Waals surface area contributed by atoms with Crippen LogP contribution in [0.25, 0.3) is 10.1 Å². The summed E-state index contributed by atoms with van der Waals surface area (Å²) >= 11 is 1.40. The number of nitrogens with one attached hydrogen (secondary N) is 1. The van der Waals surface area contributed by atoms with Crippen LogP contribution in [0.3, 0.4) is 0 Å². The second-order valence-corrected chi connectivity index (χ2v) is 5.59. The van der Waals surface area contributed by atoms with Gasteiger partial charge in [-0.05, 0) is 41.8 Å². The van der Waals surface area contributed by atoms with Crippen LogP contribution in [0.4, 0.5) is 14.5 Å². The van der Waals surface area contributed by atoms with Crippen molar-refractivity contribution in [3.63, 3.8) is 0 Å². The van der Waals surface area contributed by atoms with E-state index in [1.54, 1.807) is 0 Å². The van der Waals surface area contributed by atoms with E-state index >= 15 is 0 Å². The molecule has 1 N–H and O–H groups in total. The number of hydrogen-bond donors (Lipinski definition) is 1. The number of ether oxygens (including phenoxy) is 1. The van der Waals surface area contributed by atoms with Gasteiger partial charge in [0, 0.05) is 10.4 Å². The number of thiophene rings is 1. The summed E-state index contributed by atoms with van der Waals surface area (Å²) in [7, 11) is 0. The lowest BCUT2D eigenvalue weighted by Gasteiger charge is -2.06. The number of rotatable bonds is 4. The number of amides is 1. The first kappa shape index (κ1) is 14.5. The molecule has 0 bridgehead atoms. The molecule has 3 aromatic rings. The van der Waals surface area contributed by atoms with Gasteiger partial charge in [-0.1, -0.05) is 18.2 Å². The Kier molecular flexibility index (Phi) is 4.02. The van der Waals surface area contributed by atoms with Crippen molar-refractivity contribution in [2.45, 2.75) is 6.61 Å². The number of alkyl halides is 2. The molecule has 0 aliphatic carbocycles. The fraction of sp³-hybridized carbons (Fsp3) is 0.0625. The van der Waals surface area contributed by atoms with Crippen molar-refractivity contribution >= 4 is 33.0 Å². The highest BCUT2D eigenvalue weighted by atomic mass is 32.1. The molecule has 0 atom stereocenters. The van der Waals surface area contributed by atoms with Gasteiger partial charge in [-0.15, -0.1) is 11.3 Å². The summed E-state index contributed by atoms with van der Waals surface area (Å²) in [6, 6.07) is 15.3. The van der Waals surface area contributed by atoms with Gasteiger partial charge in [0.2, 0.25) is 0 Å². The lowest BCUT2D eigenvalue weighted by atomic mass is 10.2. The summed E-state index contributed by atoms with van der Waals surface area (Å²) < 4.78 is 29.4. The zero-order valence-electron chi connectivity index (χ0n) is 11.3. The Bertz CT molecular complexity index is 766. The van der Waals surface area contributed by atoms with Gasteiger partial charge in [0.05, 0.1) is 4.88 Å². The van der Waals surface area contributed by atoms with E-state index in [-0.39, 0.29) is 11.7 Å². The molecule has 2 aromatic carbocycles. The summed E-state index contributed by atoms with van der Waals surface area (Å²) in [4.78, 5) is 12.8. The van der Waals surface area contributed by atoms with Crippen LogP contribution in [-0.2, 0) is 0 Å². The first-order valence-corrected chi connectivity index (χ1v) is 7.28. The minimum atomic E-state index is -2.86. The summed E-state index contributed by atoms with van der Waals surface area (Å²) in [6.45, 7) is -2.86. The number of benzene rings is 2. The summed E-state index contributed by atoms with van der Waals surface area (Å²) in [5.74, 6) is -0.182. The molecule has 1 aromatic heterocycles. The van der Waals surface area contributed by atoms with Gasteiger partial charge in [0.1, 0.15) is 5.75 Å². The van der Waals surface area contributed by atoms with Crippen LogP contribution in [0.5, 0.6) is 5.75 Å². The fourth-order valence-electron chi connectivity index (χ4n) is 2.01. The highest BCUT2D eigenvalue weighted by Gasteiger charge is 2.11. The van der Waals surface area contributed by atoms with Gasteiger partial charge in [-0.3, -0.25) is 4.79 Å². The molecule has 3 nitrogen and oxygen atoms in total. The molecular formula is C16H11F2NO2S. The third-order valence-electron chi connectivity index (χ3n) is 2.99. The molecule has 1 heterocycles. The first-order valence-electron chi connectivity index (χ1n) is 6.46. The number of fused-ring (bicyclic) bond motifs is 1. The first-order chi connectivity index (χ1) is 10.6. The molecule has 0 aliphatic heterocycles. The number of anilines is 1. The van der Waals surface area contributed by atoms with Crippen molar-refractivity contribution in [3.8, 4) is 5.75 Å². The third-order valence-corrected chi connectivity index (χ3v) is 4.10. The van der Waals surface area contributed by atoms with Crippen LogP contribution in [-0.4, -0.2) is 12.5 Å². The maximum atomic E-state index is 12.2. The Balaban J connectivity index is 1.73. The molecular weight excluding hydrogens is 308 g/mol. The molecule has 0 aliphatic rings. The van der Waals surface area contributed by atoms with Crippen molar-refractivity contribution in [2.24, 2.45) is 0 Å². The molecule has 0 unspecified atom stereocenters. The van der Waals surface area contributed by atoms with E-state index in [4.69, 9.17) is 0 Å². The highest BCUT2D eigenvalue weighted by molar-refractivity contribution is 7.20. The minimum Gasteiger partial charge on any atom is -0.435 e. The van der Waals surface area contributed by atoms with E-state index < -0.39 is 6.61 Å². The average Bonchev–Trinajstić information content (AvgIpc) is 2.93. The number of halogens is 2. The van der Waals surface area contributed by atoms with Crippen molar-refractivity contribution in [2.75, 3.05) is 5.32 Å². The molecule has 0 radical (unpaired) electrons. The summed E-state index contributed by atoms with van der Waals surface area (Å²) in [5.41, 5.74) is 0.518. The van der Waals surface area contributed by atoms with E-state index in [9.17, 15) is 13.6 Å². The number of carbonyl (C=O) groups is 1. The van der Waals surface area contributed by atoms with Crippen molar-refractivity contribution in [1.29, 1.82) is 0 Å². The molecule has 0 saturated heterocycles. The predicted octanol–water partition coefficient (Wildman–Crippen LogP) is 4.76. The monoisotopic (exact) mass is 319 g/mol. The zero-order chi connectivity index (χ0) is 15.5. The lowest BCUT2D eigenvalue weighted by molar-refractivity contribution is -0.0498. The smallest absolute Gasteiger partial charge is 0.387 e. The fourth-order valence-corrected chi connectivity index (χ4v) is 2.96. The number of carbonyl (C=O) groups excluding carboxylic acids is 1. The standard InChI is InChI=1S/C16H11F2NO2S/c17-16(18)21-12-7-5-11(6-8-12)19-15(20)14-9-10-3-1-2-4-13(10)22-14/h1-9,16H,(H,19,20).